The van der Waals surface area contributed by atoms with Gasteiger partial charge in [-0.1, -0.05) is 30.3 Å². The van der Waals surface area contributed by atoms with Crippen molar-refractivity contribution in [1.82, 2.24) is 4.90 Å². The molecule has 0 N–H and O–H groups in total. The lowest BCUT2D eigenvalue weighted by atomic mass is 10.1. The van der Waals surface area contributed by atoms with E-state index in [4.69, 9.17) is 4.74 Å². The van der Waals surface area contributed by atoms with Crippen LogP contribution < -0.4 is 0 Å². The summed E-state index contributed by atoms with van der Waals surface area (Å²) in [5, 5.41) is 0. The molecule has 2 rings (SSSR count). The van der Waals surface area contributed by atoms with Gasteiger partial charge in [-0.2, -0.15) is 0 Å². The van der Waals surface area contributed by atoms with Crippen molar-refractivity contribution in [3.63, 3.8) is 0 Å². The van der Waals surface area contributed by atoms with Gasteiger partial charge >= 0.3 is 0 Å². The summed E-state index contributed by atoms with van der Waals surface area (Å²) in [7, 11) is 0. The second-order valence-electron chi connectivity index (χ2n) is 5.42. The largest absolute Gasteiger partial charge is 0.381 e. The summed E-state index contributed by atoms with van der Waals surface area (Å²) >= 11 is 0. The van der Waals surface area contributed by atoms with Crippen LogP contribution in [0.3, 0.4) is 0 Å². The number of hydrogen-bond acceptors (Lipinski definition) is 2. The molecule has 104 valence electrons. The first kappa shape index (κ1) is 14.1. The van der Waals surface area contributed by atoms with Gasteiger partial charge in [0, 0.05) is 19.2 Å². The molecule has 0 aliphatic carbocycles. The molecular formula is C16H23NO2. The minimum Gasteiger partial charge on any atom is -0.381 e. The molecule has 3 nitrogen and oxygen atoms in total. The minimum atomic E-state index is 0.0678. The Morgan fingerprint density at radius 2 is 2.11 bits per heavy atom. The van der Waals surface area contributed by atoms with Crippen LogP contribution in [-0.2, 0) is 16.0 Å². The van der Waals surface area contributed by atoms with Crippen LogP contribution in [-0.4, -0.2) is 36.6 Å². The quantitative estimate of drug-likeness (QED) is 0.815. The number of hydrogen-bond donors (Lipinski definition) is 0. The van der Waals surface area contributed by atoms with Crippen molar-refractivity contribution in [3.05, 3.63) is 35.9 Å². The predicted molar refractivity (Wildman–Crippen MR) is 75.9 cm³/mol. The van der Waals surface area contributed by atoms with E-state index in [1.807, 2.05) is 23.1 Å². The number of amides is 1. The Morgan fingerprint density at radius 3 is 2.68 bits per heavy atom. The number of nitrogens with zero attached hydrogens (tertiary/aromatic N) is 1. The number of carbonyl (C=O) groups excluding carboxylic acids is 1. The zero-order valence-electron chi connectivity index (χ0n) is 11.8. The first-order valence-electron chi connectivity index (χ1n) is 7.10. The van der Waals surface area contributed by atoms with E-state index in [0.29, 0.717) is 6.61 Å². The van der Waals surface area contributed by atoms with E-state index in [2.05, 4.69) is 26.0 Å². The Bertz CT molecular complexity index is 396. The van der Waals surface area contributed by atoms with Crippen LogP contribution in [0.5, 0.6) is 0 Å². The summed E-state index contributed by atoms with van der Waals surface area (Å²) in [5.41, 5.74) is 1.28. The predicted octanol–water partition coefficient (Wildman–Crippen LogP) is 2.50. The van der Waals surface area contributed by atoms with Crippen molar-refractivity contribution < 1.29 is 9.53 Å². The Hall–Kier alpha value is -1.35. The van der Waals surface area contributed by atoms with E-state index >= 15 is 0 Å². The standard InChI is InChI=1S/C16H23NO2/c1-13(2)17(16(18)15-9-11-19-12-15)10-8-14-6-4-3-5-7-14/h3-7,13,15H,8-12H2,1-2H3. The van der Waals surface area contributed by atoms with Gasteiger partial charge in [0.25, 0.3) is 0 Å². The highest BCUT2D eigenvalue weighted by Crippen LogP contribution is 2.17. The maximum absolute atomic E-state index is 12.5. The van der Waals surface area contributed by atoms with Crippen LogP contribution in [0.2, 0.25) is 0 Å². The Kier molecular flexibility index (Phi) is 4.97. The Labute approximate surface area is 115 Å². The average Bonchev–Trinajstić information content (AvgIpc) is 2.93. The van der Waals surface area contributed by atoms with Crippen molar-refractivity contribution in [2.24, 2.45) is 5.92 Å². The minimum absolute atomic E-state index is 0.0678. The molecule has 1 saturated heterocycles. The molecule has 0 spiro atoms. The fourth-order valence-corrected chi connectivity index (χ4v) is 2.48. The van der Waals surface area contributed by atoms with Gasteiger partial charge in [-0.05, 0) is 32.3 Å². The van der Waals surface area contributed by atoms with Crippen LogP contribution in [0.25, 0.3) is 0 Å². The van der Waals surface area contributed by atoms with Gasteiger partial charge in [0.05, 0.1) is 12.5 Å². The van der Waals surface area contributed by atoms with Crippen LogP contribution in [0.15, 0.2) is 30.3 Å². The van der Waals surface area contributed by atoms with E-state index in [0.717, 1.165) is 26.0 Å². The summed E-state index contributed by atoms with van der Waals surface area (Å²) in [6, 6.07) is 10.6. The third kappa shape index (κ3) is 3.80. The van der Waals surface area contributed by atoms with Crippen LogP contribution in [0, 0.1) is 5.92 Å². The number of benzene rings is 1. The molecule has 1 aromatic rings. The van der Waals surface area contributed by atoms with Gasteiger partial charge < -0.3 is 9.64 Å². The zero-order chi connectivity index (χ0) is 13.7. The summed E-state index contributed by atoms with van der Waals surface area (Å²) in [4.78, 5) is 14.4. The molecule has 1 aliphatic heterocycles. The van der Waals surface area contributed by atoms with Crippen molar-refractivity contribution in [2.45, 2.75) is 32.7 Å². The highest BCUT2D eigenvalue weighted by Gasteiger charge is 2.28. The fraction of sp³-hybridized carbons (Fsp3) is 0.562. The summed E-state index contributed by atoms with van der Waals surface area (Å²) < 4.78 is 5.32. The van der Waals surface area contributed by atoms with Crippen LogP contribution >= 0.6 is 0 Å². The van der Waals surface area contributed by atoms with Crippen molar-refractivity contribution in [1.29, 1.82) is 0 Å². The van der Waals surface area contributed by atoms with Gasteiger partial charge in [-0.3, -0.25) is 4.79 Å². The lowest BCUT2D eigenvalue weighted by Gasteiger charge is -2.29. The monoisotopic (exact) mass is 261 g/mol. The summed E-state index contributed by atoms with van der Waals surface area (Å²) in [6.45, 7) is 6.27. The molecule has 0 radical (unpaired) electrons. The molecule has 19 heavy (non-hydrogen) atoms. The molecule has 1 fully saturated rings. The average molecular weight is 261 g/mol. The Morgan fingerprint density at radius 1 is 1.37 bits per heavy atom. The second-order valence-corrected chi connectivity index (χ2v) is 5.42. The number of rotatable bonds is 5. The number of carbonyl (C=O) groups is 1. The summed E-state index contributed by atoms with van der Waals surface area (Å²) in [5.74, 6) is 0.321. The lowest BCUT2D eigenvalue weighted by Crippen LogP contribution is -2.42. The van der Waals surface area contributed by atoms with Gasteiger partial charge in [-0.15, -0.1) is 0 Å². The molecular weight excluding hydrogens is 238 g/mol. The van der Waals surface area contributed by atoms with Crippen LogP contribution in [0.4, 0.5) is 0 Å². The van der Waals surface area contributed by atoms with E-state index in [1.165, 1.54) is 5.56 Å². The SMILES string of the molecule is CC(C)N(CCc1ccccc1)C(=O)C1CCOC1. The van der Waals surface area contributed by atoms with E-state index in [1.54, 1.807) is 0 Å². The maximum atomic E-state index is 12.5. The second kappa shape index (κ2) is 6.71. The van der Waals surface area contributed by atoms with E-state index in [9.17, 15) is 4.79 Å². The molecule has 1 unspecified atom stereocenters. The third-order valence-electron chi connectivity index (χ3n) is 3.67. The fourth-order valence-electron chi connectivity index (χ4n) is 2.48. The molecule has 1 heterocycles. The van der Waals surface area contributed by atoms with Crippen molar-refractivity contribution >= 4 is 5.91 Å². The van der Waals surface area contributed by atoms with Gasteiger partial charge in [0.1, 0.15) is 0 Å². The molecule has 1 atom stereocenters. The molecule has 1 aromatic carbocycles. The summed E-state index contributed by atoms with van der Waals surface area (Å²) in [6.07, 6.45) is 1.78. The highest BCUT2D eigenvalue weighted by molar-refractivity contribution is 5.79. The van der Waals surface area contributed by atoms with Crippen LogP contribution in [0.1, 0.15) is 25.8 Å². The van der Waals surface area contributed by atoms with Gasteiger partial charge in [0.15, 0.2) is 0 Å². The molecule has 0 aromatic heterocycles. The first-order chi connectivity index (χ1) is 9.18. The smallest absolute Gasteiger partial charge is 0.228 e. The maximum Gasteiger partial charge on any atom is 0.228 e. The highest BCUT2D eigenvalue weighted by atomic mass is 16.5. The molecule has 0 saturated carbocycles. The molecule has 0 bridgehead atoms. The van der Waals surface area contributed by atoms with Crippen molar-refractivity contribution in [3.8, 4) is 0 Å². The van der Waals surface area contributed by atoms with Gasteiger partial charge in [0.2, 0.25) is 5.91 Å². The third-order valence-corrected chi connectivity index (χ3v) is 3.67. The molecule has 1 aliphatic rings. The molecule has 3 heteroatoms. The number of ether oxygens (including phenoxy) is 1. The van der Waals surface area contributed by atoms with Gasteiger partial charge in [-0.25, -0.2) is 0 Å². The topological polar surface area (TPSA) is 29.5 Å². The normalized spacial score (nSPS) is 18.8. The zero-order valence-corrected chi connectivity index (χ0v) is 11.8. The van der Waals surface area contributed by atoms with E-state index in [-0.39, 0.29) is 17.9 Å². The Balaban J connectivity index is 1.94. The first-order valence-corrected chi connectivity index (χ1v) is 7.10. The van der Waals surface area contributed by atoms with E-state index < -0.39 is 0 Å². The lowest BCUT2D eigenvalue weighted by molar-refractivity contribution is -0.137. The molecule has 1 amide bonds. The van der Waals surface area contributed by atoms with Crippen molar-refractivity contribution in [2.75, 3.05) is 19.8 Å².